The lowest BCUT2D eigenvalue weighted by molar-refractivity contribution is 0.628. The quantitative estimate of drug-likeness (QED) is 0.216. The molecule has 0 aliphatic carbocycles. The minimum absolute atomic E-state index is 0.279. The van der Waals surface area contributed by atoms with Crippen molar-refractivity contribution in [2.24, 2.45) is 0 Å². The molecule has 0 saturated heterocycles. The van der Waals surface area contributed by atoms with Crippen LogP contribution in [0.4, 0.5) is 4.39 Å². The highest BCUT2D eigenvalue weighted by atomic mass is 19.1. The second-order valence-corrected chi connectivity index (χ2v) is 9.65. The normalized spacial score (nSPS) is 11.4. The Morgan fingerprint density at radius 3 is 2.60 bits per heavy atom. The van der Waals surface area contributed by atoms with Gasteiger partial charge in [-0.15, -0.1) is 0 Å². The highest BCUT2D eigenvalue weighted by Crippen LogP contribution is 2.33. The van der Waals surface area contributed by atoms with Crippen molar-refractivity contribution in [1.29, 1.82) is 0 Å². The fraction of sp³-hybridized carbons (Fsp3) is 0.0625. The summed E-state index contributed by atoms with van der Waals surface area (Å²) in [6.45, 7) is 1.48. The van der Waals surface area contributed by atoms with Gasteiger partial charge in [0.05, 0.1) is 16.9 Å². The number of halogens is 1. The van der Waals surface area contributed by atoms with E-state index in [4.69, 9.17) is 4.98 Å². The predicted octanol–water partition coefficient (Wildman–Crippen LogP) is 6.66. The van der Waals surface area contributed by atoms with Crippen LogP contribution >= 0.6 is 0 Å². The number of rotatable bonds is 7. The van der Waals surface area contributed by atoms with Gasteiger partial charge in [0.1, 0.15) is 22.7 Å². The SMILES string of the molecule is Fc1cccc(-c2ccnc3[nH]c(-c4n[nH]c5ccc(-c6cncc(CNCc7ccccc7)c6)nc45)cc23)c1. The molecular weight excluding hydrogens is 501 g/mol. The summed E-state index contributed by atoms with van der Waals surface area (Å²) in [7, 11) is 0. The topological polar surface area (TPSA) is 95.2 Å². The molecule has 3 N–H and O–H groups in total. The molecule has 0 amide bonds. The van der Waals surface area contributed by atoms with Gasteiger partial charge >= 0.3 is 0 Å². The number of pyridine rings is 3. The van der Waals surface area contributed by atoms with Crippen LogP contribution in [0.1, 0.15) is 11.1 Å². The lowest BCUT2D eigenvalue weighted by Gasteiger charge is -2.07. The zero-order valence-corrected chi connectivity index (χ0v) is 21.4. The molecule has 7 aromatic rings. The van der Waals surface area contributed by atoms with E-state index in [1.165, 1.54) is 17.7 Å². The molecule has 7 nitrogen and oxygen atoms in total. The second kappa shape index (κ2) is 10.2. The van der Waals surface area contributed by atoms with Crippen LogP contribution in [0, 0.1) is 5.82 Å². The summed E-state index contributed by atoms with van der Waals surface area (Å²) < 4.78 is 13.9. The van der Waals surface area contributed by atoms with Crippen molar-refractivity contribution in [3.05, 3.63) is 120 Å². The highest BCUT2D eigenvalue weighted by molar-refractivity contribution is 5.99. The Hall–Kier alpha value is -5.21. The summed E-state index contributed by atoms with van der Waals surface area (Å²) in [5.74, 6) is -0.279. The standard InChI is InChI=1S/C32H24FN7/c33-24-8-4-7-22(14-24)25-11-12-36-32-26(25)15-29(38-32)31-30-28(39-40-31)10-9-27(37-30)23-13-21(18-35-19-23)17-34-16-20-5-2-1-3-6-20/h1-15,18-19,34H,16-17H2,(H,36,38)(H,39,40). The van der Waals surface area contributed by atoms with Crippen molar-refractivity contribution in [2.75, 3.05) is 0 Å². The van der Waals surface area contributed by atoms with Crippen LogP contribution in [-0.2, 0) is 13.1 Å². The van der Waals surface area contributed by atoms with Crippen LogP contribution in [0.25, 0.3) is 55.8 Å². The lowest BCUT2D eigenvalue weighted by Crippen LogP contribution is -2.12. The van der Waals surface area contributed by atoms with Gasteiger partial charge in [0.2, 0.25) is 0 Å². The van der Waals surface area contributed by atoms with Gasteiger partial charge in [0.15, 0.2) is 0 Å². The van der Waals surface area contributed by atoms with E-state index in [0.717, 1.165) is 56.6 Å². The van der Waals surface area contributed by atoms with E-state index in [1.54, 1.807) is 12.3 Å². The van der Waals surface area contributed by atoms with Gasteiger partial charge < -0.3 is 10.3 Å². The number of hydrogen-bond donors (Lipinski definition) is 3. The molecule has 8 heteroatoms. The summed E-state index contributed by atoms with van der Waals surface area (Å²) in [6, 6.07) is 26.8. The van der Waals surface area contributed by atoms with E-state index in [-0.39, 0.29) is 5.82 Å². The summed E-state index contributed by atoms with van der Waals surface area (Å²) in [6.07, 6.45) is 5.42. The van der Waals surface area contributed by atoms with Gasteiger partial charge in [-0.25, -0.2) is 14.4 Å². The fourth-order valence-corrected chi connectivity index (χ4v) is 4.98. The number of nitrogens with zero attached hydrogens (tertiary/aromatic N) is 4. The van der Waals surface area contributed by atoms with Crippen molar-refractivity contribution in [3.63, 3.8) is 0 Å². The first kappa shape index (κ1) is 23.9. The first-order chi connectivity index (χ1) is 19.7. The van der Waals surface area contributed by atoms with Crippen LogP contribution in [0.2, 0.25) is 0 Å². The van der Waals surface area contributed by atoms with Crippen LogP contribution in [0.5, 0.6) is 0 Å². The molecule has 7 rings (SSSR count). The Kier molecular flexibility index (Phi) is 6.07. The molecule has 0 aliphatic rings. The minimum atomic E-state index is -0.279. The van der Waals surface area contributed by atoms with Gasteiger partial charge in [0.25, 0.3) is 0 Å². The predicted molar refractivity (Wildman–Crippen MR) is 155 cm³/mol. The number of nitrogens with one attached hydrogen (secondary N) is 3. The molecule has 0 aliphatic heterocycles. The van der Waals surface area contributed by atoms with Gasteiger partial charge in [-0.3, -0.25) is 10.1 Å². The van der Waals surface area contributed by atoms with Crippen LogP contribution in [0.15, 0.2) is 104 Å². The van der Waals surface area contributed by atoms with Crippen LogP contribution in [0.3, 0.4) is 0 Å². The number of aromatic nitrogens is 6. The van der Waals surface area contributed by atoms with E-state index in [9.17, 15) is 4.39 Å². The minimum Gasteiger partial charge on any atom is -0.338 e. The third-order valence-corrected chi connectivity index (χ3v) is 6.92. The largest absolute Gasteiger partial charge is 0.338 e. The van der Waals surface area contributed by atoms with Crippen LogP contribution in [-0.4, -0.2) is 30.1 Å². The average molecular weight is 526 g/mol. The van der Waals surface area contributed by atoms with E-state index >= 15 is 0 Å². The highest BCUT2D eigenvalue weighted by Gasteiger charge is 2.16. The summed E-state index contributed by atoms with van der Waals surface area (Å²) in [4.78, 5) is 17.3. The smallest absolute Gasteiger partial charge is 0.138 e. The molecule has 5 heterocycles. The summed E-state index contributed by atoms with van der Waals surface area (Å²) in [5.41, 5.74) is 9.46. The molecule has 5 aromatic heterocycles. The number of H-pyrrole nitrogens is 2. The van der Waals surface area contributed by atoms with Gasteiger partial charge in [0, 0.05) is 42.6 Å². The zero-order valence-electron chi connectivity index (χ0n) is 21.4. The Labute approximate surface area is 229 Å². The third kappa shape index (κ3) is 4.61. The van der Waals surface area contributed by atoms with Gasteiger partial charge in [-0.1, -0.05) is 42.5 Å². The molecule has 2 aromatic carbocycles. The van der Waals surface area contributed by atoms with Crippen molar-refractivity contribution in [3.8, 4) is 33.8 Å². The van der Waals surface area contributed by atoms with Crippen molar-refractivity contribution in [2.45, 2.75) is 13.1 Å². The Morgan fingerprint density at radius 2 is 1.70 bits per heavy atom. The zero-order chi connectivity index (χ0) is 26.9. The fourth-order valence-electron chi connectivity index (χ4n) is 4.98. The first-order valence-electron chi connectivity index (χ1n) is 13.0. The first-order valence-corrected chi connectivity index (χ1v) is 13.0. The Bertz CT molecular complexity index is 1960. The number of hydrogen-bond acceptors (Lipinski definition) is 5. The Morgan fingerprint density at radius 1 is 0.800 bits per heavy atom. The molecular formula is C32H24FN7. The van der Waals surface area contributed by atoms with Crippen molar-refractivity contribution >= 4 is 22.1 Å². The van der Waals surface area contributed by atoms with E-state index in [2.05, 4.69) is 48.7 Å². The molecule has 0 fully saturated rings. The summed E-state index contributed by atoms with van der Waals surface area (Å²) >= 11 is 0. The molecule has 0 bridgehead atoms. The average Bonchev–Trinajstić information content (AvgIpc) is 3.62. The van der Waals surface area contributed by atoms with Gasteiger partial charge in [-0.2, -0.15) is 5.10 Å². The summed E-state index contributed by atoms with van der Waals surface area (Å²) in [5, 5.41) is 12.0. The van der Waals surface area contributed by atoms with E-state index in [0.29, 0.717) is 17.9 Å². The molecule has 0 spiro atoms. The molecule has 0 saturated carbocycles. The second-order valence-electron chi connectivity index (χ2n) is 9.65. The monoisotopic (exact) mass is 525 g/mol. The Balaban J connectivity index is 1.20. The maximum Gasteiger partial charge on any atom is 0.138 e. The van der Waals surface area contributed by atoms with Crippen molar-refractivity contribution in [1.82, 2.24) is 35.5 Å². The number of aromatic amines is 2. The van der Waals surface area contributed by atoms with E-state index < -0.39 is 0 Å². The molecule has 0 unspecified atom stereocenters. The maximum atomic E-state index is 13.9. The third-order valence-electron chi connectivity index (χ3n) is 6.92. The van der Waals surface area contributed by atoms with Crippen molar-refractivity contribution < 1.29 is 4.39 Å². The van der Waals surface area contributed by atoms with E-state index in [1.807, 2.05) is 60.9 Å². The molecule has 194 valence electrons. The lowest BCUT2D eigenvalue weighted by atomic mass is 10.0. The molecule has 0 radical (unpaired) electrons. The maximum absolute atomic E-state index is 13.9. The van der Waals surface area contributed by atoms with Gasteiger partial charge in [-0.05, 0) is 64.7 Å². The molecule has 0 atom stereocenters. The number of benzene rings is 2. The molecule has 40 heavy (non-hydrogen) atoms. The van der Waals surface area contributed by atoms with Crippen LogP contribution < -0.4 is 5.32 Å². The number of fused-ring (bicyclic) bond motifs is 2.